The molecular weight excluding hydrogens is 989 g/mol. The van der Waals surface area contributed by atoms with Gasteiger partial charge >= 0.3 is 10.4 Å². The monoisotopic (exact) mass is 1070 g/mol. The molecule has 4 aliphatic heterocycles. The first-order chi connectivity index (χ1) is 34.0. The van der Waals surface area contributed by atoms with E-state index in [9.17, 15) is 68.8 Å². The van der Waals surface area contributed by atoms with Crippen LogP contribution in [0.15, 0.2) is 11.6 Å². The van der Waals surface area contributed by atoms with Gasteiger partial charge < -0.3 is 89.0 Å². The third-order valence-corrected chi connectivity index (χ3v) is 18.3. The zero-order chi connectivity index (χ0) is 53.4. The molecule has 4 saturated heterocycles. The smallest absolute Gasteiger partial charge is 0.389 e. The predicted molar refractivity (Wildman–Crippen MR) is 248 cm³/mol. The number of aliphatic hydroxyl groups excluding tert-OH is 9. The van der Waals surface area contributed by atoms with Gasteiger partial charge in [0.2, 0.25) is 0 Å². The maximum absolute atomic E-state index is 13.1. The van der Waals surface area contributed by atoms with Crippen LogP contribution in [0.25, 0.3) is 0 Å². The van der Waals surface area contributed by atoms with Gasteiger partial charge in [-0.05, 0) is 106 Å². The Morgan fingerprint density at radius 3 is 2.01 bits per heavy atom. The fraction of sp³-hybridized carbons (Fsp3) is 0.939. The van der Waals surface area contributed by atoms with E-state index in [1.165, 1.54) is 19.4 Å². The van der Waals surface area contributed by atoms with Crippen molar-refractivity contribution >= 4 is 16.2 Å². The molecule has 11 N–H and O–H groups in total. The summed E-state index contributed by atoms with van der Waals surface area (Å²) >= 11 is 0. The molecule has 0 radical (unpaired) electrons. The van der Waals surface area contributed by atoms with E-state index in [0.717, 1.165) is 6.42 Å². The Labute approximate surface area is 425 Å². The van der Waals surface area contributed by atoms with Crippen molar-refractivity contribution in [1.29, 1.82) is 0 Å². The van der Waals surface area contributed by atoms with Crippen LogP contribution >= 0.6 is 0 Å². The Bertz CT molecular complexity index is 2060. The Morgan fingerprint density at radius 2 is 1.34 bits per heavy atom. The third-order valence-electron chi connectivity index (χ3n) is 17.8. The zero-order valence-electron chi connectivity index (χ0n) is 42.5. The molecule has 4 heterocycles. The topological polar surface area (TPSA) is 357 Å². The Kier molecular flexibility index (Phi) is 17.4. The Morgan fingerprint density at radius 1 is 0.726 bits per heavy atom. The molecule has 3 unspecified atom stereocenters. The lowest BCUT2D eigenvalue weighted by atomic mass is 9.47. The van der Waals surface area contributed by atoms with Crippen LogP contribution in [-0.2, 0) is 57.3 Å². The van der Waals surface area contributed by atoms with Crippen molar-refractivity contribution in [1.82, 2.24) is 0 Å². The highest BCUT2D eigenvalue weighted by Gasteiger charge is 2.63. The van der Waals surface area contributed by atoms with Crippen molar-refractivity contribution in [3.8, 4) is 0 Å². The summed E-state index contributed by atoms with van der Waals surface area (Å²) in [5.41, 5.74) is -1.10. The number of Topliss-reactive ketones (excluding diaryl/α,β-unsaturated/α-hetero) is 1. The minimum atomic E-state index is -4.84. The Balaban J connectivity index is 1.06. The van der Waals surface area contributed by atoms with Gasteiger partial charge in [0.15, 0.2) is 25.2 Å². The van der Waals surface area contributed by atoms with E-state index in [1.807, 2.05) is 13.8 Å². The van der Waals surface area contributed by atoms with Crippen molar-refractivity contribution in [3.05, 3.63) is 11.6 Å². The molecule has 0 bridgehead atoms. The van der Waals surface area contributed by atoms with Crippen LogP contribution in [0, 0.1) is 40.4 Å². The standard InChI is InChI=1S/C49H80O23S/c1-20(2)14-23(50)17-49(7,60)32-9-8-26-25-16-30(28-15-24(72-73(61,62)63)10-12-47(28,5)27(25)11-13-48(26,32)6)68-45-40(59)41(34(53)22(4)67-45)70-46-42(71-44-39(58)37(56)33(52)21(3)66-44)36(55)31(19-65-46)69-43-38(57)35(54)29(51)18-64-43/h11,20-22,24-26,28-46,51-60H,8-10,12-19H2,1-7H3,(H,61,62,63)/t21-,22-,24+,25?,26?,28?,29-,30+,31-,32+,33-,34-,35+,36+,37+,38-,39-,40-,41+,42-,43+,44+,45+,46+,47-,48+,49+/m1/s1. The molecule has 4 aliphatic carbocycles. The quantitative estimate of drug-likeness (QED) is 0.0700. The lowest BCUT2D eigenvalue weighted by molar-refractivity contribution is -0.388. The zero-order valence-corrected chi connectivity index (χ0v) is 43.3. The number of carbonyl (C=O) groups is 1. The van der Waals surface area contributed by atoms with Gasteiger partial charge in [-0.3, -0.25) is 9.35 Å². The first-order valence-corrected chi connectivity index (χ1v) is 27.3. The highest BCUT2D eigenvalue weighted by Crippen LogP contribution is 2.67. The number of hydrogen-bond donors (Lipinski definition) is 11. The van der Waals surface area contributed by atoms with Crippen LogP contribution in [0.5, 0.6) is 0 Å². The number of carbonyl (C=O) groups excluding carboxylic acids is 1. The molecule has 0 aromatic rings. The lowest BCUT2D eigenvalue weighted by Gasteiger charge is -2.60. The highest BCUT2D eigenvalue weighted by molar-refractivity contribution is 7.80. The molecule has 420 valence electrons. The van der Waals surface area contributed by atoms with Crippen molar-refractivity contribution in [3.63, 3.8) is 0 Å². The number of hydrogen-bond acceptors (Lipinski definition) is 22. The number of ketones is 1. The minimum absolute atomic E-state index is 0.00564. The fourth-order valence-electron chi connectivity index (χ4n) is 14.1. The molecule has 73 heavy (non-hydrogen) atoms. The first kappa shape index (κ1) is 57.7. The van der Waals surface area contributed by atoms with Crippen LogP contribution in [0.4, 0.5) is 0 Å². The number of fused-ring (bicyclic) bond motifs is 5. The molecule has 0 aromatic carbocycles. The molecule has 0 amide bonds. The summed E-state index contributed by atoms with van der Waals surface area (Å²) in [6, 6.07) is 0. The van der Waals surface area contributed by atoms with Crippen molar-refractivity contribution in [2.75, 3.05) is 13.2 Å². The third kappa shape index (κ3) is 11.5. The van der Waals surface area contributed by atoms with E-state index in [2.05, 4.69) is 19.9 Å². The molecule has 3 saturated carbocycles. The molecular formula is C49H80O23S. The SMILES string of the molecule is CC(C)CC(=O)C[C@](C)(O)[C@H]1CCC2C3C[C@H](O[C@@H]4O[C@H](C)[C@@H](O)[C@H](O[C@@H]5OC[C@@H](O[C@@H]6OC[C@@H](O)[C@H](O)[C@H]6O)[C@H](O)[C@H]5O[C@@H]5O[C@H](C)[C@@H](O)[C@H](O)[C@H]5O)[C@H]4O)C4C[C@@H](OS(=O)(=O)O)CC[C@]4(C)C3=CC[C@@]21C. The average molecular weight is 1070 g/mol. The summed E-state index contributed by atoms with van der Waals surface area (Å²) in [5.74, 6) is -0.571. The molecule has 24 heteroatoms. The van der Waals surface area contributed by atoms with E-state index in [-0.39, 0.29) is 42.3 Å². The normalized spacial score (nSPS) is 50.3. The van der Waals surface area contributed by atoms with Crippen molar-refractivity contribution < 1.29 is 111 Å². The van der Waals surface area contributed by atoms with E-state index in [4.69, 9.17) is 42.1 Å². The van der Waals surface area contributed by atoms with Crippen LogP contribution in [-0.4, -0.2) is 211 Å². The van der Waals surface area contributed by atoms with Crippen LogP contribution in [0.3, 0.4) is 0 Å². The molecule has 8 aliphatic rings. The van der Waals surface area contributed by atoms with Gasteiger partial charge in [-0.1, -0.05) is 39.3 Å². The molecule has 23 nitrogen and oxygen atoms in total. The minimum Gasteiger partial charge on any atom is -0.389 e. The van der Waals surface area contributed by atoms with E-state index >= 15 is 0 Å². The fourth-order valence-corrected chi connectivity index (χ4v) is 14.6. The van der Waals surface area contributed by atoms with Crippen LogP contribution < -0.4 is 0 Å². The van der Waals surface area contributed by atoms with E-state index < -0.39 is 169 Å². The van der Waals surface area contributed by atoms with Gasteiger partial charge in [0, 0.05) is 12.8 Å². The maximum atomic E-state index is 13.1. The summed E-state index contributed by atoms with van der Waals surface area (Å²) in [6.45, 7) is 12.0. The molecule has 8 rings (SSSR count). The second kappa shape index (κ2) is 22.0. The van der Waals surface area contributed by atoms with Gasteiger partial charge in [0.1, 0.15) is 79.0 Å². The number of rotatable bonds is 15. The van der Waals surface area contributed by atoms with Gasteiger partial charge in [-0.2, -0.15) is 8.42 Å². The molecule has 0 spiro atoms. The maximum Gasteiger partial charge on any atom is 0.397 e. The van der Waals surface area contributed by atoms with Crippen molar-refractivity contribution in [2.45, 2.75) is 235 Å². The van der Waals surface area contributed by atoms with Crippen LogP contribution in [0.2, 0.25) is 0 Å². The van der Waals surface area contributed by atoms with E-state index in [1.54, 1.807) is 6.92 Å². The van der Waals surface area contributed by atoms with Gasteiger partial charge in [0.05, 0.1) is 43.2 Å². The molecule has 0 aromatic heterocycles. The second-order valence-electron chi connectivity index (χ2n) is 23.4. The Hall–Kier alpha value is -1.44. The second-order valence-corrected chi connectivity index (χ2v) is 24.5. The summed E-state index contributed by atoms with van der Waals surface area (Å²) in [5, 5.41) is 111. The van der Waals surface area contributed by atoms with Crippen molar-refractivity contribution in [2.24, 2.45) is 40.4 Å². The number of allylic oxidation sites excluding steroid dienone is 2. The van der Waals surface area contributed by atoms with E-state index in [0.29, 0.717) is 38.5 Å². The van der Waals surface area contributed by atoms with Gasteiger partial charge in [0.25, 0.3) is 0 Å². The van der Waals surface area contributed by atoms with Gasteiger partial charge in [-0.25, -0.2) is 4.18 Å². The summed E-state index contributed by atoms with van der Waals surface area (Å²) in [4.78, 5) is 13.1. The summed E-state index contributed by atoms with van der Waals surface area (Å²) in [7, 11) is -4.84. The number of aliphatic hydroxyl groups is 10. The highest BCUT2D eigenvalue weighted by atomic mass is 32.3. The lowest BCUT2D eigenvalue weighted by Crippen LogP contribution is -2.66. The number of ether oxygens (including phenoxy) is 8. The van der Waals surface area contributed by atoms with Crippen LogP contribution in [0.1, 0.15) is 106 Å². The molecule has 7 fully saturated rings. The summed E-state index contributed by atoms with van der Waals surface area (Å²) < 4.78 is 87.4. The molecule has 27 atom stereocenters. The largest absolute Gasteiger partial charge is 0.397 e. The summed E-state index contributed by atoms with van der Waals surface area (Å²) in [6.07, 6.45) is -24.3. The predicted octanol–water partition coefficient (Wildman–Crippen LogP) is -0.889. The van der Waals surface area contributed by atoms with Gasteiger partial charge in [-0.15, -0.1) is 0 Å². The average Bonchev–Trinajstić information content (AvgIpc) is 3.67. The first-order valence-electron chi connectivity index (χ1n) is 25.9.